The number of amides is 1. The largest absolute Gasteiger partial charge is 0.493 e. The van der Waals surface area contributed by atoms with Gasteiger partial charge in [-0.3, -0.25) is 9.69 Å². The maximum Gasteiger partial charge on any atom is 0.234 e. The van der Waals surface area contributed by atoms with Crippen LogP contribution in [0.15, 0.2) is 18.2 Å². The number of ether oxygens (including phenoxy) is 2. The van der Waals surface area contributed by atoms with Crippen LogP contribution in [0.5, 0.6) is 11.5 Å². The summed E-state index contributed by atoms with van der Waals surface area (Å²) in [5, 5.41) is 6.24. The molecule has 0 spiro atoms. The quantitative estimate of drug-likeness (QED) is 0.631. The first-order valence-electron chi connectivity index (χ1n) is 9.50. The fourth-order valence-corrected chi connectivity index (χ4v) is 3.42. The highest BCUT2D eigenvalue weighted by molar-refractivity contribution is 5.85. The number of methoxy groups -OCH3 is 2. The van der Waals surface area contributed by atoms with Crippen molar-refractivity contribution in [1.29, 1.82) is 0 Å². The van der Waals surface area contributed by atoms with Crippen LogP contribution in [0, 0.1) is 5.92 Å². The van der Waals surface area contributed by atoms with Gasteiger partial charge in [0.25, 0.3) is 0 Å². The Bertz CT molecular complexity index is 563. The second-order valence-corrected chi connectivity index (χ2v) is 6.90. The third kappa shape index (κ3) is 7.95. The molecule has 0 unspecified atom stereocenters. The van der Waals surface area contributed by atoms with Crippen LogP contribution in [0.1, 0.15) is 24.8 Å². The Labute approximate surface area is 169 Å². The fraction of sp³-hybridized carbons (Fsp3) is 0.650. The van der Waals surface area contributed by atoms with E-state index in [1.807, 2.05) is 25.2 Å². The molecule has 1 saturated heterocycles. The molecule has 0 aromatic heterocycles. The molecule has 154 valence electrons. The van der Waals surface area contributed by atoms with Crippen molar-refractivity contribution in [2.75, 3.05) is 54.0 Å². The molecule has 7 heteroatoms. The van der Waals surface area contributed by atoms with E-state index >= 15 is 0 Å². The minimum Gasteiger partial charge on any atom is -0.493 e. The minimum atomic E-state index is 0. The standard InChI is InChI=1S/C20H33N3O3.ClH/c1-21-10-6-16-8-12-23(13-9-16)15-20(24)22-11-7-17-4-5-18(25-2)19(14-17)26-3;/h4-5,14,16,21H,6-13,15H2,1-3H3,(H,22,24);1H. The normalized spacial score (nSPS) is 15.1. The molecule has 2 N–H and O–H groups in total. The van der Waals surface area contributed by atoms with Crippen molar-refractivity contribution in [2.24, 2.45) is 5.92 Å². The van der Waals surface area contributed by atoms with Gasteiger partial charge in [0.1, 0.15) is 0 Å². The molecule has 1 amide bonds. The van der Waals surface area contributed by atoms with E-state index in [9.17, 15) is 4.79 Å². The first kappa shape index (κ1) is 23.5. The number of rotatable bonds is 10. The van der Waals surface area contributed by atoms with Gasteiger partial charge in [0.15, 0.2) is 11.5 Å². The molecular formula is C20H34ClN3O3. The molecule has 1 aliphatic heterocycles. The van der Waals surface area contributed by atoms with E-state index in [1.54, 1.807) is 14.2 Å². The Hall–Kier alpha value is -1.50. The minimum absolute atomic E-state index is 0. The summed E-state index contributed by atoms with van der Waals surface area (Å²) in [7, 11) is 5.26. The number of likely N-dealkylation sites (tertiary alicyclic amines) is 1. The van der Waals surface area contributed by atoms with Gasteiger partial charge in [0.2, 0.25) is 5.91 Å². The van der Waals surface area contributed by atoms with E-state index in [0.29, 0.717) is 13.1 Å². The summed E-state index contributed by atoms with van der Waals surface area (Å²) >= 11 is 0. The number of benzene rings is 1. The van der Waals surface area contributed by atoms with Crippen molar-refractivity contribution in [3.05, 3.63) is 23.8 Å². The first-order valence-corrected chi connectivity index (χ1v) is 9.50. The Balaban J connectivity index is 0.00000364. The van der Waals surface area contributed by atoms with Crippen LogP contribution in [-0.2, 0) is 11.2 Å². The van der Waals surface area contributed by atoms with Crippen LogP contribution in [0.25, 0.3) is 0 Å². The zero-order valence-corrected chi connectivity index (χ0v) is 17.6. The van der Waals surface area contributed by atoms with E-state index in [2.05, 4.69) is 15.5 Å². The topological polar surface area (TPSA) is 62.8 Å². The molecule has 0 saturated carbocycles. The van der Waals surface area contributed by atoms with Crippen molar-refractivity contribution in [2.45, 2.75) is 25.7 Å². The predicted octanol–water partition coefficient (Wildman–Crippen LogP) is 2.11. The highest BCUT2D eigenvalue weighted by Gasteiger charge is 2.20. The monoisotopic (exact) mass is 399 g/mol. The summed E-state index contributed by atoms with van der Waals surface area (Å²) < 4.78 is 10.6. The molecule has 0 atom stereocenters. The van der Waals surface area contributed by atoms with Gasteiger partial charge in [-0.25, -0.2) is 0 Å². The van der Waals surface area contributed by atoms with Crippen molar-refractivity contribution in [3.63, 3.8) is 0 Å². The number of carbonyl (C=O) groups excluding carboxylic acids is 1. The first-order chi connectivity index (χ1) is 12.7. The lowest BCUT2D eigenvalue weighted by atomic mass is 9.93. The highest BCUT2D eigenvalue weighted by Crippen LogP contribution is 2.27. The number of nitrogens with zero attached hydrogens (tertiary/aromatic N) is 1. The van der Waals surface area contributed by atoms with Gasteiger partial charge >= 0.3 is 0 Å². The molecule has 1 aromatic carbocycles. The van der Waals surface area contributed by atoms with Crippen LogP contribution < -0.4 is 20.1 Å². The predicted molar refractivity (Wildman–Crippen MR) is 111 cm³/mol. The molecule has 1 aromatic rings. The number of nitrogens with one attached hydrogen (secondary N) is 2. The summed E-state index contributed by atoms with van der Waals surface area (Å²) in [6.07, 6.45) is 4.40. The van der Waals surface area contributed by atoms with Gasteiger partial charge in [-0.05, 0) is 76.0 Å². The summed E-state index contributed by atoms with van der Waals surface area (Å²) in [6.45, 7) is 4.27. The van der Waals surface area contributed by atoms with Crippen molar-refractivity contribution < 1.29 is 14.3 Å². The molecule has 6 nitrogen and oxygen atoms in total. The number of halogens is 1. The van der Waals surface area contributed by atoms with E-state index in [0.717, 1.165) is 49.0 Å². The lowest BCUT2D eigenvalue weighted by Gasteiger charge is -2.31. The fourth-order valence-electron chi connectivity index (χ4n) is 3.42. The molecule has 27 heavy (non-hydrogen) atoms. The lowest BCUT2D eigenvalue weighted by molar-refractivity contribution is -0.122. The molecule has 0 radical (unpaired) electrons. The van der Waals surface area contributed by atoms with Gasteiger partial charge < -0.3 is 20.1 Å². The zero-order chi connectivity index (χ0) is 18.8. The molecule has 1 aliphatic rings. The second-order valence-electron chi connectivity index (χ2n) is 6.90. The number of hydrogen-bond donors (Lipinski definition) is 2. The number of piperidine rings is 1. The van der Waals surface area contributed by atoms with Gasteiger partial charge in [-0.1, -0.05) is 6.07 Å². The molecule has 2 rings (SSSR count). The molecule has 1 fully saturated rings. The smallest absolute Gasteiger partial charge is 0.234 e. The number of hydrogen-bond acceptors (Lipinski definition) is 5. The van der Waals surface area contributed by atoms with Gasteiger partial charge in [-0.15, -0.1) is 12.4 Å². The summed E-state index contributed by atoms with van der Waals surface area (Å²) in [5.41, 5.74) is 1.12. The summed E-state index contributed by atoms with van der Waals surface area (Å²) in [6, 6.07) is 5.86. The summed E-state index contributed by atoms with van der Waals surface area (Å²) in [4.78, 5) is 14.4. The Morgan fingerprint density at radius 2 is 1.85 bits per heavy atom. The van der Waals surface area contributed by atoms with E-state index in [-0.39, 0.29) is 18.3 Å². The number of carbonyl (C=O) groups is 1. The van der Waals surface area contributed by atoms with Crippen molar-refractivity contribution in [1.82, 2.24) is 15.5 Å². The van der Waals surface area contributed by atoms with Gasteiger partial charge in [0.05, 0.1) is 20.8 Å². The maximum absolute atomic E-state index is 12.2. The molecule has 0 bridgehead atoms. The second kappa shape index (κ2) is 12.8. The zero-order valence-electron chi connectivity index (χ0n) is 16.8. The van der Waals surface area contributed by atoms with Gasteiger partial charge in [-0.2, -0.15) is 0 Å². The summed E-state index contributed by atoms with van der Waals surface area (Å²) in [5.74, 6) is 2.35. The van der Waals surface area contributed by atoms with Crippen LogP contribution >= 0.6 is 12.4 Å². The average molecular weight is 400 g/mol. The Morgan fingerprint density at radius 3 is 2.48 bits per heavy atom. The van der Waals surface area contributed by atoms with E-state index in [1.165, 1.54) is 19.3 Å². The molecule has 1 heterocycles. The van der Waals surface area contributed by atoms with Gasteiger partial charge in [0, 0.05) is 6.54 Å². The van der Waals surface area contributed by atoms with Crippen LogP contribution in [0.4, 0.5) is 0 Å². The van der Waals surface area contributed by atoms with Crippen LogP contribution in [0.2, 0.25) is 0 Å². The van der Waals surface area contributed by atoms with Crippen LogP contribution in [-0.4, -0.2) is 64.8 Å². The third-order valence-corrected chi connectivity index (χ3v) is 5.06. The lowest BCUT2D eigenvalue weighted by Crippen LogP contribution is -2.42. The highest BCUT2D eigenvalue weighted by atomic mass is 35.5. The third-order valence-electron chi connectivity index (χ3n) is 5.06. The SMILES string of the molecule is CNCCC1CCN(CC(=O)NCCc2ccc(OC)c(OC)c2)CC1.Cl. The Morgan fingerprint density at radius 1 is 1.15 bits per heavy atom. The Kier molecular flexibility index (Phi) is 11.2. The van der Waals surface area contributed by atoms with Crippen molar-refractivity contribution in [3.8, 4) is 11.5 Å². The van der Waals surface area contributed by atoms with E-state index < -0.39 is 0 Å². The van der Waals surface area contributed by atoms with Crippen LogP contribution in [0.3, 0.4) is 0 Å². The van der Waals surface area contributed by atoms with E-state index in [4.69, 9.17) is 9.47 Å². The molecule has 0 aliphatic carbocycles. The van der Waals surface area contributed by atoms with Crippen molar-refractivity contribution >= 4 is 18.3 Å². The maximum atomic E-state index is 12.2. The molecular weight excluding hydrogens is 366 g/mol. The average Bonchev–Trinajstić information content (AvgIpc) is 2.67.